The van der Waals surface area contributed by atoms with Crippen LogP contribution in [0.3, 0.4) is 0 Å². The van der Waals surface area contributed by atoms with E-state index >= 15 is 0 Å². The minimum absolute atomic E-state index is 0.628. The Kier molecular flexibility index (Phi) is 7.63. The third-order valence-corrected chi connectivity index (χ3v) is 5.39. The number of aliphatic imine (C=N–C) groups is 1. The van der Waals surface area contributed by atoms with Crippen molar-refractivity contribution in [3.63, 3.8) is 0 Å². The van der Waals surface area contributed by atoms with E-state index in [4.69, 9.17) is 0 Å². The molecule has 1 saturated carbocycles. The summed E-state index contributed by atoms with van der Waals surface area (Å²) in [5.41, 5.74) is 0. The molecule has 5 heteroatoms. The summed E-state index contributed by atoms with van der Waals surface area (Å²) >= 11 is 0. The number of likely N-dealkylation sites (N-methyl/N-ethyl adjacent to an activating group) is 1. The van der Waals surface area contributed by atoms with Crippen LogP contribution in [0, 0.1) is 5.92 Å². The predicted octanol–water partition coefficient (Wildman–Crippen LogP) is 1.76. The van der Waals surface area contributed by atoms with Gasteiger partial charge in [0.25, 0.3) is 0 Å². The van der Waals surface area contributed by atoms with Crippen molar-refractivity contribution >= 4 is 5.96 Å². The van der Waals surface area contributed by atoms with Gasteiger partial charge in [0.1, 0.15) is 0 Å². The number of hydrogen-bond donors (Lipinski definition) is 2. The van der Waals surface area contributed by atoms with Crippen molar-refractivity contribution < 1.29 is 0 Å². The van der Waals surface area contributed by atoms with Crippen LogP contribution in [0.25, 0.3) is 0 Å². The van der Waals surface area contributed by atoms with Gasteiger partial charge in [0.05, 0.1) is 0 Å². The lowest BCUT2D eigenvalue weighted by molar-refractivity contribution is 0.159. The number of guanidine groups is 1. The molecule has 2 atom stereocenters. The van der Waals surface area contributed by atoms with Gasteiger partial charge in [-0.1, -0.05) is 6.42 Å². The highest BCUT2D eigenvalue weighted by Crippen LogP contribution is 2.34. The number of likely N-dealkylation sites (tertiary alicyclic amines) is 1. The van der Waals surface area contributed by atoms with E-state index in [0.29, 0.717) is 6.04 Å². The van der Waals surface area contributed by atoms with Crippen molar-refractivity contribution in [2.24, 2.45) is 10.9 Å². The molecule has 2 aliphatic rings. The molecule has 0 aromatic rings. The fourth-order valence-corrected chi connectivity index (χ4v) is 3.65. The van der Waals surface area contributed by atoms with Gasteiger partial charge >= 0.3 is 0 Å². The summed E-state index contributed by atoms with van der Waals surface area (Å²) in [6.45, 7) is 6.83. The van der Waals surface area contributed by atoms with E-state index in [1.165, 1.54) is 51.6 Å². The van der Waals surface area contributed by atoms with Gasteiger partial charge in [-0.3, -0.25) is 4.99 Å². The van der Waals surface area contributed by atoms with Crippen LogP contribution in [-0.2, 0) is 0 Å². The minimum Gasteiger partial charge on any atom is -0.356 e. The molecule has 5 nitrogen and oxygen atoms in total. The SMILES string of the molecule is CN=C(NCCCN1CCCCC1C)NCC(C1CC1)N(C)C. The lowest BCUT2D eigenvalue weighted by atomic mass is 10.0. The normalized spacial score (nSPS) is 24.7. The molecular weight excluding hydrogens is 286 g/mol. The van der Waals surface area contributed by atoms with E-state index < -0.39 is 0 Å². The highest BCUT2D eigenvalue weighted by molar-refractivity contribution is 5.79. The molecule has 134 valence electrons. The smallest absolute Gasteiger partial charge is 0.191 e. The van der Waals surface area contributed by atoms with Crippen molar-refractivity contribution in [1.82, 2.24) is 20.4 Å². The van der Waals surface area contributed by atoms with Crippen molar-refractivity contribution in [1.29, 1.82) is 0 Å². The lowest BCUT2D eigenvalue weighted by Gasteiger charge is -2.33. The molecule has 2 N–H and O–H groups in total. The zero-order valence-electron chi connectivity index (χ0n) is 15.6. The van der Waals surface area contributed by atoms with E-state index in [2.05, 4.69) is 46.4 Å². The quantitative estimate of drug-likeness (QED) is 0.406. The Balaban J connectivity index is 1.61. The first kappa shape index (κ1) is 18.5. The standard InChI is InChI=1S/C18H37N5/c1-15-8-5-6-12-23(15)13-7-11-20-18(19-2)21-14-17(22(3)4)16-9-10-16/h15-17H,5-14H2,1-4H3,(H2,19,20,21). The molecule has 2 unspecified atom stereocenters. The van der Waals surface area contributed by atoms with E-state index in [0.717, 1.165) is 31.0 Å². The summed E-state index contributed by atoms with van der Waals surface area (Å²) < 4.78 is 0. The zero-order valence-corrected chi connectivity index (χ0v) is 15.6. The Labute approximate surface area is 142 Å². The highest BCUT2D eigenvalue weighted by Gasteiger charge is 2.32. The maximum atomic E-state index is 4.36. The van der Waals surface area contributed by atoms with Gasteiger partial charge in [-0.05, 0) is 65.6 Å². The number of piperidine rings is 1. The van der Waals surface area contributed by atoms with Crippen LogP contribution in [-0.4, -0.2) is 75.2 Å². The molecule has 0 aromatic carbocycles. The van der Waals surface area contributed by atoms with Gasteiger partial charge in [0, 0.05) is 38.8 Å². The second-order valence-corrected chi connectivity index (χ2v) is 7.48. The molecule has 0 aromatic heterocycles. The average Bonchev–Trinajstić information content (AvgIpc) is 3.35. The third kappa shape index (κ3) is 6.30. The van der Waals surface area contributed by atoms with Crippen LogP contribution >= 0.6 is 0 Å². The topological polar surface area (TPSA) is 42.9 Å². The summed E-state index contributed by atoms with van der Waals surface area (Å²) in [4.78, 5) is 9.34. The van der Waals surface area contributed by atoms with E-state index in [9.17, 15) is 0 Å². The molecule has 0 bridgehead atoms. The molecule has 1 saturated heterocycles. The van der Waals surface area contributed by atoms with Crippen LogP contribution in [0.1, 0.15) is 45.4 Å². The van der Waals surface area contributed by atoms with Crippen molar-refractivity contribution in [3.8, 4) is 0 Å². The molecule has 0 spiro atoms. The first-order chi connectivity index (χ1) is 11.1. The zero-order chi connectivity index (χ0) is 16.7. The molecule has 0 radical (unpaired) electrons. The largest absolute Gasteiger partial charge is 0.356 e. The van der Waals surface area contributed by atoms with Crippen molar-refractivity contribution in [2.75, 3.05) is 47.3 Å². The van der Waals surface area contributed by atoms with Crippen molar-refractivity contribution in [2.45, 2.75) is 57.5 Å². The summed E-state index contributed by atoms with van der Waals surface area (Å²) in [7, 11) is 6.23. The van der Waals surface area contributed by atoms with Gasteiger partial charge in [-0.2, -0.15) is 0 Å². The second kappa shape index (κ2) is 9.48. The molecule has 23 heavy (non-hydrogen) atoms. The van der Waals surface area contributed by atoms with Crippen molar-refractivity contribution in [3.05, 3.63) is 0 Å². The summed E-state index contributed by atoms with van der Waals surface area (Å²) in [6, 6.07) is 1.39. The second-order valence-electron chi connectivity index (χ2n) is 7.48. The monoisotopic (exact) mass is 323 g/mol. The first-order valence-corrected chi connectivity index (χ1v) is 9.46. The third-order valence-electron chi connectivity index (χ3n) is 5.39. The fraction of sp³-hybridized carbons (Fsp3) is 0.944. The van der Waals surface area contributed by atoms with Crippen LogP contribution in [0.4, 0.5) is 0 Å². The Bertz CT molecular complexity index is 362. The average molecular weight is 324 g/mol. The maximum absolute atomic E-state index is 4.36. The van der Waals surface area contributed by atoms with E-state index in [-0.39, 0.29) is 0 Å². The summed E-state index contributed by atoms with van der Waals surface area (Å²) in [5.74, 6) is 1.82. The van der Waals surface area contributed by atoms with Crippen LogP contribution < -0.4 is 10.6 Å². The first-order valence-electron chi connectivity index (χ1n) is 9.46. The number of nitrogens with one attached hydrogen (secondary N) is 2. The molecule has 2 fully saturated rings. The molecule has 1 heterocycles. The maximum Gasteiger partial charge on any atom is 0.191 e. The molecule has 1 aliphatic heterocycles. The van der Waals surface area contributed by atoms with Gasteiger partial charge in [0.2, 0.25) is 0 Å². The lowest BCUT2D eigenvalue weighted by Crippen LogP contribution is -2.46. The molecule has 0 amide bonds. The van der Waals surface area contributed by atoms with Crippen LogP contribution in [0.5, 0.6) is 0 Å². The van der Waals surface area contributed by atoms with Gasteiger partial charge in [-0.15, -0.1) is 0 Å². The number of rotatable bonds is 8. The number of hydrogen-bond acceptors (Lipinski definition) is 3. The van der Waals surface area contributed by atoms with Gasteiger partial charge < -0.3 is 20.4 Å². The number of nitrogens with zero attached hydrogens (tertiary/aromatic N) is 3. The minimum atomic E-state index is 0.628. The molecule has 1 aliphatic carbocycles. The van der Waals surface area contributed by atoms with E-state index in [1.807, 2.05) is 7.05 Å². The molecular formula is C18H37N5. The van der Waals surface area contributed by atoms with Gasteiger partial charge in [-0.25, -0.2) is 0 Å². The Morgan fingerprint density at radius 3 is 2.61 bits per heavy atom. The van der Waals surface area contributed by atoms with Crippen LogP contribution in [0.15, 0.2) is 4.99 Å². The Morgan fingerprint density at radius 2 is 2.00 bits per heavy atom. The van der Waals surface area contributed by atoms with Gasteiger partial charge in [0.15, 0.2) is 5.96 Å². The molecule has 2 rings (SSSR count). The highest BCUT2D eigenvalue weighted by atomic mass is 15.2. The Hall–Kier alpha value is -0.810. The predicted molar refractivity (Wildman–Crippen MR) is 99.1 cm³/mol. The summed E-state index contributed by atoms with van der Waals surface area (Å²) in [5, 5.41) is 6.97. The fourth-order valence-electron chi connectivity index (χ4n) is 3.65. The Morgan fingerprint density at radius 1 is 1.22 bits per heavy atom. The summed E-state index contributed by atoms with van der Waals surface area (Å²) in [6.07, 6.45) is 8.08. The van der Waals surface area contributed by atoms with E-state index in [1.54, 1.807) is 0 Å². The van der Waals surface area contributed by atoms with Crippen LogP contribution in [0.2, 0.25) is 0 Å².